The zero-order chi connectivity index (χ0) is 16.9. The number of carbonyl (C=O) groups is 1. The quantitative estimate of drug-likeness (QED) is 0.751. The van der Waals surface area contributed by atoms with E-state index in [1.54, 1.807) is 6.20 Å². The van der Waals surface area contributed by atoms with E-state index in [1.165, 1.54) is 5.56 Å². The summed E-state index contributed by atoms with van der Waals surface area (Å²) in [6, 6.07) is 15.8. The molecule has 0 aliphatic carbocycles. The van der Waals surface area contributed by atoms with Crippen LogP contribution in [0.4, 0.5) is 5.69 Å². The van der Waals surface area contributed by atoms with Crippen LogP contribution in [0.1, 0.15) is 23.4 Å². The van der Waals surface area contributed by atoms with E-state index in [2.05, 4.69) is 16.4 Å². The standard InChI is InChI=1S/C20H20N2O2/c1-14-8-9-17(15(2)12-14)22-19(23)10-11-20-21-13-18(24-20)16-6-4-3-5-7-16/h3-9,12-13H,10-11H2,1-2H3,(H,22,23). The summed E-state index contributed by atoms with van der Waals surface area (Å²) in [5.41, 5.74) is 4.07. The molecule has 122 valence electrons. The van der Waals surface area contributed by atoms with Gasteiger partial charge < -0.3 is 9.73 Å². The highest BCUT2D eigenvalue weighted by Crippen LogP contribution is 2.21. The molecule has 0 saturated carbocycles. The second kappa shape index (κ2) is 7.13. The number of aromatic nitrogens is 1. The van der Waals surface area contributed by atoms with Gasteiger partial charge in [-0.2, -0.15) is 0 Å². The minimum atomic E-state index is -0.0404. The van der Waals surface area contributed by atoms with E-state index in [0.29, 0.717) is 18.7 Å². The first kappa shape index (κ1) is 16.0. The van der Waals surface area contributed by atoms with Crippen molar-refractivity contribution in [3.63, 3.8) is 0 Å². The Labute approximate surface area is 141 Å². The molecule has 1 aromatic heterocycles. The molecule has 1 N–H and O–H groups in total. The highest BCUT2D eigenvalue weighted by atomic mass is 16.4. The van der Waals surface area contributed by atoms with Crippen LogP contribution in [-0.2, 0) is 11.2 Å². The van der Waals surface area contributed by atoms with Gasteiger partial charge in [0.2, 0.25) is 5.91 Å². The minimum Gasteiger partial charge on any atom is -0.441 e. The van der Waals surface area contributed by atoms with E-state index in [1.807, 2.05) is 56.3 Å². The van der Waals surface area contributed by atoms with Gasteiger partial charge in [-0.3, -0.25) is 4.79 Å². The van der Waals surface area contributed by atoms with Crippen LogP contribution in [0, 0.1) is 13.8 Å². The lowest BCUT2D eigenvalue weighted by Crippen LogP contribution is -2.13. The Bertz CT molecular complexity index is 838. The van der Waals surface area contributed by atoms with Gasteiger partial charge in [-0.05, 0) is 25.5 Å². The van der Waals surface area contributed by atoms with E-state index in [0.717, 1.165) is 22.6 Å². The Morgan fingerprint density at radius 1 is 1.12 bits per heavy atom. The number of nitrogens with zero attached hydrogens (tertiary/aromatic N) is 1. The third-order valence-corrected chi connectivity index (χ3v) is 3.83. The van der Waals surface area contributed by atoms with Crippen LogP contribution >= 0.6 is 0 Å². The van der Waals surface area contributed by atoms with Gasteiger partial charge in [-0.1, -0.05) is 48.0 Å². The molecule has 4 nitrogen and oxygen atoms in total. The summed E-state index contributed by atoms with van der Waals surface area (Å²) in [5.74, 6) is 1.26. The Hall–Kier alpha value is -2.88. The second-order valence-corrected chi connectivity index (χ2v) is 5.85. The van der Waals surface area contributed by atoms with Crippen LogP contribution < -0.4 is 5.32 Å². The smallest absolute Gasteiger partial charge is 0.224 e. The zero-order valence-corrected chi connectivity index (χ0v) is 13.9. The van der Waals surface area contributed by atoms with Gasteiger partial charge in [0.1, 0.15) is 0 Å². The van der Waals surface area contributed by atoms with Gasteiger partial charge >= 0.3 is 0 Å². The number of anilines is 1. The fourth-order valence-corrected chi connectivity index (χ4v) is 2.55. The molecule has 0 unspecified atom stereocenters. The third-order valence-electron chi connectivity index (χ3n) is 3.83. The average Bonchev–Trinajstić information content (AvgIpc) is 3.05. The van der Waals surface area contributed by atoms with Crippen LogP contribution in [0.5, 0.6) is 0 Å². The predicted octanol–water partition coefficient (Wildman–Crippen LogP) is 4.53. The van der Waals surface area contributed by atoms with Crippen LogP contribution in [0.2, 0.25) is 0 Å². The summed E-state index contributed by atoms with van der Waals surface area (Å²) in [6.45, 7) is 4.02. The highest BCUT2D eigenvalue weighted by molar-refractivity contribution is 5.91. The van der Waals surface area contributed by atoms with Crippen LogP contribution in [0.3, 0.4) is 0 Å². The second-order valence-electron chi connectivity index (χ2n) is 5.85. The number of aryl methyl sites for hydroxylation is 3. The summed E-state index contributed by atoms with van der Waals surface area (Å²) in [7, 11) is 0. The van der Waals surface area contributed by atoms with E-state index < -0.39 is 0 Å². The summed E-state index contributed by atoms with van der Waals surface area (Å²) in [5, 5.41) is 2.94. The molecule has 3 rings (SSSR count). The molecular weight excluding hydrogens is 300 g/mol. The summed E-state index contributed by atoms with van der Waals surface area (Å²) in [4.78, 5) is 16.4. The maximum Gasteiger partial charge on any atom is 0.224 e. The average molecular weight is 320 g/mol. The summed E-state index contributed by atoms with van der Waals surface area (Å²) < 4.78 is 5.72. The van der Waals surface area contributed by atoms with Crippen molar-refractivity contribution in [2.75, 3.05) is 5.32 Å². The van der Waals surface area contributed by atoms with Crippen molar-refractivity contribution in [1.29, 1.82) is 0 Å². The SMILES string of the molecule is Cc1ccc(NC(=O)CCc2ncc(-c3ccccc3)o2)c(C)c1. The topological polar surface area (TPSA) is 55.1 Å². The van der Waals surface area contributed by atoms with Gasteiger partial charge in [0.15, 0.2) is 11.7 Å². The number of carbonyl (C=O) groups excluding carboxylic acids is 1. The Kier molecular flexibility index (Phi) is 4.75. The molecule has 1 amide bonds. The molecular formula is C20H20N2O2. The van der Waals surface area contributed by atoms with Crippen LogP contribution in [-0.4, -0.2) is 10.9 Å². The lowest BCUT2D eigenvalue weighted by molar-refractivity contribution is -0.116. The largest absolute Gasteiger partial charge is 0.441 e. The molecule has 0 bridgehead atoms. The molecule has 0 aliphatic heterocycles. The number of nitrogens with one attached hydrogen (secondary N) is 1. The lowest BCUT2D eigenvalue weighted by atomic mass is 10.1. The van der Waals surface area contributed by atoms with Crippen molar-refractivity contribution in [1.82, 2.24) is 4.98 Å². The number of hydrogen-bond acceptors (Lipinski definition) is 3. The lowest BCUT2D eigenvalue weighted by Gasteiger charge is -2.08. The van der Waals surface area contributed by atoms with Crippen LogP contribution in [0.25, 0.3) is 11.3 Å². The Balaban J connectivity index is 1.58. The van der Waals surface area contributed by atoms with Gasteiger partial charge in [-0.25, -0.2) is 4.98 Å². The normalized spacial score (nSPS) is 10.6. The van der Waals surface area contributed by atoms with Gasteiger partial charge in [-0.15, -0.1) is 0 Å². The molecule has 0 aliphatic rings. The Morgan fingerprint density at radius 3 is 2.67 bits per heavy atom. The molecule has 0 saturated heterocycles. The molecule has 0 spiro atoms. The molecule has 0 fully saturated rings. The first-order valence-electron chi connectivity index (χ1n) is 7.99. The number of amides is 1. The number of oxazole rings is 1. The minimum absolute atomic E-state index is 0.0404. The number of benzene rings is 2. The molecule has 2 aromatic carbocycles. The van der Waals surface area contributed by atoms with E-state index >= 15 is 0 Å². The van der Waals surface area contributed by atoms with E-state index in [9.17, 15) is 4.79 Å². The first-order chi connectivity index (χ1) is 11.6. The van der Waals surface area contributed by atoms with Gasteiger partial charge in [0.05, 0.1) is 6.20 Å². The maximum absolute atomic E-state index is 12.1. The summed E-state index contributed by atoms with van der Waals surface area (Å²) in [6.07, 6.45) is 2.51. The van der Waals surface area contributed by atoms with Gasteiger partial charge in [0, 0.05) is 24.1 Å². The van der Waals surface area contributed by atoms with Crippen molar-refractivity contribution in [3.8, 4) is 11.3 Å². The molecule has 24 heavy (non-hydrogen) atoms. The van der Waals surface area contributed by atoms with E-state index in [-0.39, 0.29) is 5.91 Å². The van der Waals surface area contributed by atoms with Gasteiger partial charge in [0.25, 0.3) is 0 Å². The first-order valence-corrected chi connectivity index (χ1v) is 7.99. The molecule has 0 atom stereocenters. The van der Waals surface area contributed by atoms with Crippen molar-refractivity contribution < 1.29 is 9.21 Å². The number of hydrogen-bond donors (Lipinski definition) is 1. The Morgan fingerprint density at radius 2 is 1.92 bits per heavy atom. The molecule has 0 radical (unpaired) electrons. The van der Waals surface area contributed by atoms with Crippen molar-refractivity contribution in [2.24, 2.45) is 0 Å². The molecule has 4 heteroatoms. The molecule has 1 heterocycles. The predicted molar refractivity (Wildman–Crippen MR) is 94.8 cm³/mol. The number of rotatable bonds is 5. The highest BCUT2D eigenvalue weighted by Gasteiger charge is 2.10. The van der Waals surface area contributed by atoms with Crippen molar-refractivity contribution in [2.45, 2.75) is 26.7 Å². The third kappa shape index (κ3) is 3.90. The van der Waals surface area contributed by atoms with Crippen LogP contribution in [0.15, 0.2) is 59.1 Å². The fraction of sp³-hybridized carbons (Fsp3) is 0.200. The fourth-order valence-electron chi connectivity index (χ4n) is 2.55. The zero-order valence-electron chi connectivity index (χ0n) is 13.9. The maximum atomic E-state index is 12.1. The summed E-state index contributed by atoms with van der Waals surface area (Å²) >= 11 is 0. The van der Waals surface area contributed by atoms with E-state index in [4.69, 9.17) is 4.42 Å². The molecule has 3 aromatic rings. The monoisotopic (exact) mass is 320 g/mol. The van der Waals surface area contributed by atoms with Crippen molar-refractivity contribution >= 4 is 11.6 Å². The van der Waals surface area contributed by atoms with Crippen molar-refractivity contribution in [3.05, 3.63) is 71.7 Å².